The van der Waals surface area contributed by atoms with Crippen LogP contribution in [0.5, 0.6) is 5.75 Å². The van der Waals surface area contributed by atoms with E-state index in [-0.39, 0.29) is 25.5 Å². The molecule has 0 aliphatic heterocycles. The molecule has 0 spiro atoms. The fourth-order valence-corrected chi connectivity index (χ4v) is 2.12. The van der Waals surface area contributed by atoms with Gasteiger partial charge in [-0.15, -0.1) is 0 Å². The van der Waals surface area contributed by atoms with Gasteiger partial charge >= 0.3 is 0 Å². The first kappa shape index (κ1) is 15.1. The van der Waals surface area contributed by atoms with Crippen molar-refractivity contribution in [3.05, 3.63) is 55.4 Å². The number of ether oxygens (including phenoxy) is 1. The van der Waals surface area contributed by atoms with E-state index in [9.17, 15) is 9.50 Å². The lowest BCUT2D eigenvalue weighted by Gasteiger charge is -2.27. The molecule has 0 radical (unpaired) electrons. The molecule has 3 aromatic rings. The number of nitrogens with zero attached hydrogens (tertiary/aromatic N) is 6. The van der Waals surface area contributed by atoms with Gasteiger partial charge in [0.25, 0.3) is 0 Å². The predicted octanol–water partition coefficient (Wildman–Crippen LogP) is 0.519. The Labute approximate surface area is 131 Å². The molecule has 2 heterocycles. The number of aromatic nitrogens is 6. The standard InChI is InChI=1S/C14H15FN6O2/c15-12-1-3-13(4-2-12)23-7-14(22,5-20-10-16-8-18-20)6-21-11-17-9-19-21/h1-4,8-11,22H,5-7H2. The van der Waals surface area contributed by atoms with Gasteiger partial charge in [0.2, 0.25) is 0 Å². The van der Waals surface area contributed by atoms with Crippen LogP contribution in [-0.4, -0.2) is 46.8 Å². The van der Waals surface area contributed by atoms with Gasteiger partial charge in [-0.3, -0.25) is 0 Å². The highest BCUT2D eigenvalue weighted by Crippen LogP contribution is 2.16. The lowest BCUT2D eigenvalue weighted by Crippen LogP contribution is -2.44. The average Bonchev–Trinajstić information content (AvgIpc) is 3.21. The lowest BCUT2D eigenvalue weighted by atomic mass is 10.1. The van der Waals surface area contributed by atoms with Gasteiger partial charge in [0.1, 0.15) is 49.1 Å². The van der Waals surface area contributed by atoms with Crippen molar-refractivity contribution >= 4 is 0 Å². The van der Waals surface area contributed by atoms with Crippen LogP contribution in [0.3, 0.4) is 0 Å². The van der Waals surface area contributed by atoms with Crippen LogP contribution in [0.1, 0.15) is 0 Å². The summed E-state index contributed by atoms with van der Waals surface area (Å²) >= 11 is 0. The van der Waals surface area contributed by atoms with Crippen LogP contribution in [0.15, 0.2) is 49.6 Å². The van der Waals surface area contributed by atoms with Gasteiger partial charge in [0, 0.05) is 0 Å². The first-order chi connectivity index (χ1) is 11.1. The second-order valence-electron chi connectivity index (χ2n) is 5.15. The number of hydrogen-bond acceptors (Lipinski definition) is 6. The molecule has 2 aromatic heterocycles. The van der Waals surface area contributed by atoms with Crippen molar-refractivity contribution in [1.29, 1.82) is 0 Å². The highest BCUT2D eigenvalue weighted by atomic mass is 19.1. The van der Waals surface area contributed by atoms with Gasteiger partial charge in [0.15, 0.2) is 0 Å². The Bertz CT molecular complexity index is 678. The molecule has 0 aliphatic rings. The Morgan fingerprint density at radius 3 is 2.04 bits per heavy atom. The van der Waals surface area contributed by atoms with Gasteiger partial charge in [-0.2, -0.15) is 10.2 Å². The Hall–Kier alpha value is -2.81. The molecular weight excluding hydrogens is 303 g/mol. The molecule has 0 fully saturated rings. The predicted molar refractivity (Wildman–Crippen MR) is 76.9 cm³/mol. The van der Waals surface area contributed by atoms with Gasteiger partial charge < -0.3 is 9.84 Å². The number of aliphatic hydroxyl groups is 1. The largest absolute Gasteiger partial charge is 0.490 e. The summed E-state index contributed by atoms with van der Waals surface area (Å²) in [6.07, 6.45) is 5.78. The van der Waals surface area contributed by atoms with E-state index in [1.165, 1.54) is 58.9 Å². The molecular formula is C14H15FN6O2. The second kappa shape index (κ2) is 6.53. The smallest absolute Gasteiger partial charge is 0.138 e. The fourth-order valence-electron chi connectivity index (χ4n) is 2.12. The molecule has 8 nitrogen and oxygen atoms in total. The zero-order valence-electron chi connectivity index (χ0n) is 12.2. The van der Waals surface area contributed by atoms with E-state index in [0.717, 1.165) is 0 Å². The minimum Gasteiger partial charge on any atom is -0.490 e. The molecule has 120 valence electrons. The van der Waals surface area contributed by atoms with Crippen LogP contribution in [-0.2, 0) is 13.1 Å². The molecule has 0 aliphatic carbocycles. The van der Waals surface area contributed by atoms with Crippen LogP contribution in [0, 0.1) is 5.82 Å². The van der Waals surface area contributed by atoms with Crippen LogP contribution < -0.4 is 4.74 Å². The SMILES string of the molecule is OC(COc1ccc(F)cc1)(Cn1cncn1)Cn1cncn1. The minimum absolute atomic E-state index is 0.0294. The molecule has 0 unspecified atom stereocenters. The van der Waals surface area contributed by atoms with E-state index in [1.54, 1.807) is 0 Å². The van der Waals surface area contributed by atoms with E-state index in [2.05, 4.69) is 20.2 Å². The van der Waals surface area contributed by atoms with Gasteiger partial charge in [-0.05, 0) is 24.3 Å². The van der Waals surface area contributed by atoms with Crippen LogP contribution in [0.2, 0.25) is 0 Å². The summed E-state index contributed by atoms with van der Waals surface area (Å²) in [6, 6.07) is 5.59. The molecule has 3 rings (SSSR count). The molecule has 23 heavy (non-hydrogen) atoms. The highest BCUT2D eigenvalue weighted by molar-refractivity contribution is 5.22. The maximum absolute atomic E-state index is 12.9. The van der Waals surface area contributed by atoms with E-state index in [0.29, 0.717) is 5.75 Å². The van der Waals surface area contributed by atoms with E-state index >= 15 is 0 Å². The van der Waals surface area contributed by atoms with Gasteiger partial charge in [0.05, 0.1) is 13.1 Å². The first-order valence-corrected chi connectivity index (χ1v) is 6.89. The Morgan fingerprint density at radius 1 is 1.00 bits per heavy atom. The van der Waals surface area contributed by atoms with Crippen LogP contribution in [0.4, 0.5) is 4.39 Å². The molecule has 1 N–H and O–H groups in total. The second-order valence-corrected chi connectivity index (χ2v) is 5.15. The zero-order chi connectivity index (χ0) is 16.1. The third-order valence-corrected chi connectivity index (χ3v) is 3.17. The summed E-state index contributed by atoms with van der Waals surface area (Å²) in [5.74, 6) is 0.111. The van der Waals surface area contributed by atoms with E-state index in [1.807, 2.05) is 0 Å². The van der Waals surface area contributed by atoms with Crippen molar-refractivity contribution in [2.24, 2.45) is 0 Å². The van der Waals surface area contributed by atoms with Crippen LogP contribution >= 0.6 is 0 Å². The van der Waals surface area contributed by atoms with Crippen molar-refractivity contribution < 1.29 is 14.2 Å². The summed E-state index contributed by atoms with van der Waals surface area (Å²) in [4.78, 5) is 7.71. The van der Waals surface area contributed by atoms with Gasteiger partial charge in [-0.25, -0.2) is 23.7 Å². The van der Waals surface area contributed by atoms with Gasteiger partial charge in [-0.1, -0.05) is 0 Å². The first-order valence-electron chi connectivity index (χ1n) is 6.89. The molecule has 9 heteroatoms. The molecule has 0 amide bonds. The average molecular weight is 318 g/mol. The number of halogens is 1. The summed E-state index contributed by atoms with van der Waals surface area (Å²) in [5, 5.41) is 18.9. The van der Waals surface area contributed by atoms with E-state index in [4.69, 9.17) is 4.74 Å². The minimum atomic E-state index is -1.30. The third kappa shape index (κ3) is 4.10. The molecule has 0 saturated carbocycles. The Morgan fingerprint density at radius 2 is 1.57 bits per heavy atom. The summed E-state index contributed by atoms with van der Waals surface area (Å²) in [7, 11) is 0. The summed E-state index contributed by atoms with van der Waals surface area (Å²) < 4.78 is 21.5. The van der Waals surface area contributed by atoms with Crippen molar-refractivity contribution in [2.45, 2.75) is 18.7 Å². The topological polar surface area (TPSA) is 90.9 Å². The summed E-state index contributed by atoms with van der Waals surface area (Å²) in [5.41, 5.74) is -1.30. The molecule has 0 bridgehead atoms. The monoisotopic (exact) mass is 318 g/mol. The Balaban J connectivity index is 1.72. The van der Waals surface area contributed by atoms with Crippen molar-refractivity contribution in [3.63, 3.8) is 0 Å². The number of rotatable bonds is 7. The lowest BCUT2D eigenvalue weighted by molar-refractivity contribution is -0.0379. The third-order valence-electron chi connectivity index (χ3n) is 3.17. The number of hydrogen-bond donors (Lipinski definition) is 1. The summed E-state index contributed by atoms with van der Waals surface area (Å²) in [6.45, 7) is 0.292. The Kier molecular flexibility index (Phi) is 4.29. The molecule has 1 aromatic carbocycles. The normalized spacial score (nSPS) is 11.6. The quantitative estimate of drug-likeness (QED) is 0.683. The van der Waals surface area contributed by atoms with Crippen molar-refractivity contribution in [2.75, 3.05) is 6.61 Å². The van der Waals surface area contributed by atoms with Crippen molar-refractivity contribution in [1.82, 2.24) is 29.5 Å². The number of benzene rings is 1. The maximum Gasteiger partial charge on any atom is 0.138 e. The maximum atomic E-state index is 12.9. The van der Waals surface area contributed by atoms with Crippen LogP contribution in [0.25, 0.3) is 0 Å². The fraction of sp³-hybridized carbons (Fsp3) is 0.286. The zero-order valence-corrected chi connectivity index (χ0v) is 12.2. The molecule has 0 saturated heterocycles. The molecule has 0 atom stereocenters. The van der Waals surface area contributed by atoms with E-state index < -0.39 is 5.60 Å². The van der Waals surface area contributed by atoms with Crippen molar-refractivity contribution in [3.8, 4) is 5.75 Å². The highest BCUT2D eigenvalue weighted by Gasteiger charge is 2.30.